The first kappa shape index (κ1) is 30.6. The average Bonchev–Trinajstić information content (AvgIpc) is 3.00. The van der Waals surface area contributed by atoms with E-state index in [-0.39, 0.29) is 28.6 Å². The fraction of sp³-hybridized carbons (Fsp3) is 0.281. The zero-order valence-corrected chi connectivity index (χ0v) is 24.6. The molecule has 4 aromatic rings. The van der Waals surface area contributed by atoms with Crippen LogP contribution in [0.15, 0.2) is 71.9 Å². The van der Waals surface area contributed by atoms with Gasteiger partial charge in [0.25, 0.3) is 5.56 Å². The van der Waals surface area contributed by atoms with Crippen molar-refractivity contribution >= 4 is 29.2 Å². The second kappa shape index (κ2) is 13.5. The Morgan fingerprint density at radius 2 is 1.81 bits per heavy atom. The molecular weight excluding hydrogens is 559 g/mol. The average molecular weight is 591 g/mol. The van der Waals surface area contributed by atoms with Gasteiger partial charge in [0, 0.05) is 40.0 Å². The fourth-order valence-electron chi connectivity index (χ4n) is 4.90. The van der Waals surface area contributed by atoms with Crippen LogP contribution in [-0.2, 0) is 9.53 Å². The van der Waals surface area contributed by atoms with Gasteiger partial charge in [-0.15, -0.1) is 0 Å². The van der Waals surface area contributed by atoms with Gasteiger partial charge < -0.3 is 10.1 Å². The lowest BCUT2D eigenvalue weighted by atomic mass is 9.95. The molecule has 2 bridgehead atoms. The van der Waals surface area contributed by atoms with Gasteiger partial charge in [0.2, 0.25) is 5.91 Å². The zero-order chi connectivity index (χ0) is 30.4. The number of fused-ring (bicyclic) bond motifs is 4. The van der Waals surface area contributed by atoms with Crippen molar-refractivity contribution in [2.75, 3.05) is 12.4 Å². The molecule has 0 fully saturated rings. The van der Waals surface area contributed by atoms with E-state index >= 15 is 0 Å². The number of halogens is 2. The summed E-state index contributed by atoms with van der Waals surface area (Å²) in [5.74, 6) is -1.48. The minimum Gasteiger partial charge on any atom is -0.465 e. The summed E-state index contributed by atoms with van der Waals surface area (Å²) >= 11 is 6.18. The summed E-state index contributed by atoms with van der Waals surface area (Å²) in [6.07, 6.45) is 4.74. The third-order valence-corrected chi connectivity index (χ3v) is 7.30. The van der Waals surface area contributed by atoms with Gasteiger partial charge >= 0.3 is 5.97 Å². The number of benzene rings is 2. The van der Waals surface area contributed by atoms with E-state index in [9.17, 15) is 18.8 Å². The smallest absolute Gasteiger partial charge is 0.338 e. The van der Waals surface area contributed by atoms with E-state index in [4.69, 9.17) is 16.3 Å². The molecule has 0 saturated carbocycles. The highest BCUT2D eigenvalue weighted by molar-refractivity contribution is 6.31. The molecule has 5 rings (SSSR count). The van der Waals surface area contributed by atoms with E-state index in [1.807, 2.05) is 20.8 Å². The topological polar surface area (TPSA) is 103 Å². The molecule has 1 N–H and O–H groups in total. The van der Waals surface area contributed by atoms with Crippen molar-refractivity contribution in [3.63, 3.8) is 0 Å². The van der Waals surface area contributed by atoms with Gasteiger partial charge in [0.1, 0.15) is 5.82 Å². The summed E-state index contributed by atoms with van der Waals surface area (Å²) in [4.78, 5) is 47.8. The molecule has 1 aliphatic heterocycles. The molecule has 2 atom stereocenters. The first-order valence-electron chi connectivity index (χ1n) is 13.8. The lowest BCUT2D eigenvalue weighted by Crippen LogP contribution is -2.27. The Balaban J connectivity index is 0.00000198. The number of ether oxygens (including phenoxy) is 1. The van der Waals surface area contributed by atoms with Gasteiger partial charge in [0.05, 0.1) is 36.4 Å². The predicted molar refractivity (Wildman–Crippen MR) is 161 cm³/mol. The Hall–Kier alpha value is -4.37. The molecule has 1 amide bonds. The fourth-order valence-corrected chi connectivity index (χ4v) is 5.08. The Kier molecular flexibility index (Phi) is 9.85. The van der Waals surface area contributed by atoms with Crippen LogP contribution >= 0.6 is 11.6 Å². The van der Waals surface area contributed by atoms with Crippen LogP contribution in [0, 0.1) is 11.7 Å². The number of anilines is 1. The van der Waals surface area contributed by atoms with Crippen LogP contribution in [-0.4, -0.2) is 33.5 Å². The molecule has 3 heterocycles. The van der Waals surface area contributed by atoms with Gasteiger partial charge in [-0.05, 0) is 66.9 Å². The van der Waals surface area contributed by atoms with Gasteiger partial charge in [-0.1, -0.05) is 38.8 Å². The number of hydrogen-bond acceptors (Lipinski definition) is 6. The van der Waals surface area contributed by atoms with Crippen molar-refractivity contribution in [3.8, 4) is 22.4 Å². The number of carbonyl (C=O) groups is 2. The summed E-state index contributed by atoms with van der Waals surface area (Å²) in [7, 11) is 1.27. The first-order chi connectivity index (χ1) is 20.2. The summed E-state index contributed by atoms with van der Waals surface area (Å²) in [6, 6.07) is 13.2. The molecular formula is C32H32ClFN4O4. The number of esters is 1. The maximum absolute atomic E-state index is 14.3. The molecule has 0 spiro atoms. The van der Waals surface area contributed by atoms with Gasteiger partial charge in [0.15, 0.2) is 0 Å². The Labute approximate surface area is 248 Å². The van der Waals surface area contributed by atoms with Gasteiger partial charge in [-0.3, -0.25) is 19.1 Å². The summed E-state index contributed by atoms with van der Waals surface area (Å²) < 4.78 is 20.6. The molecule has 2 aromatic heterocycles. The molecule has 218 valence electrons. The number of amides is 1. The molecule has 2 unspecified atom stereocenters. The number of methoxy groups -OCH3 is 1. The summed E-state index contributed by atoms with van der Waals surface area (Å²) in [6.45, 7) is 5.84. The van der Waals surface area contributed by atoms with Crippen molar-refractivity contribution in [3.05, 3.63) is 99.6 Å². The molecule has 0 radical (unpaired) electrons. The lowest BCUT2D eigenvalue weighted by molar-refractivity contribution is -0.119. The molecule has 42 heavy (non-hydrogen) atoms. The van der Waals surface area contributed by atoms with E-state index in [0.717, 1.165) is 0 Å². The third kappa shape index (κ3) is 6.57. The van der Waals surface area contributed by atoms with Crippen LogP contribution in [0.25, 0.3) is 22.4 Å². The molecule has 1 aliphatic rings. The number of carbonyl (C=O) groups excluding carboxylic acids is 2. The normalized spacial score (nSPS) is 16.5. The van der Waals surface area contributed by atoms with Crippen LogP contribution in [0.2, 0.25) is 5.02 Å². The predicted octanol–water partition coefficient (Wildman–Crippen LogP) is 6.93. The van der Waals surface area contributed by atoms with Crippen LogP contribution in [0.4, 0.5) is 10.1 Å². The molecule has 2 aromatic carbocycles. The van der Waals surface area contributed by atoms with Crippen molar-refractivity contribution in [2.45, 2.75) is 46.1 Å². The van der Waals surface area contributed by atoms with Crippen LogP contribution in [0.3, 0.4) is 0 Å². The number of nitrogens with zero attached hydrogens (tertiary/aromatic N) is 3. The van der Waals surface area contributed by atoms with Crippen LogP contribution < -0.4 is 10.9 Å². The van der Waals surface area contributed by atoms with Gasteiger partial charge in [-0.2, -0.15) is 0 Å². The SMILES string of the molecule is CC.COC(=O)c1ccc(Cl)cc1-c1cc(=O)n(C2CCCC(C)C(=O)Nc3ccc(F)cc3-c3ccnc2c3)cn1. The van der Waals surface area contributed by atoms with Crippen LogP contribution in [0.5, 0.6) is 0 Å². The Morgan fingerprint density at radius 3 is 2.55 bits per heavy atom. The number of rotatable bonds is 3. The molecule has 0 aliphatic carbocycles. The van der Waals surface area contributed by atoms with E-state index in [0.29, 0.717) is 52.4 Å². The number of aromatic nitrogens is 3. The minimum atomic E-state index is -0.576. The molecule has 10 heteroatoms. The highest BCUT2D eigenvalue weighted by Crippen LogP contribution is 2.33. The highest BCUT2D eigenvalue weighted by atomic mass is 35.5. The number of nitrogens with one attached hydrogen (secondary N) is 1. The summed E-state index contributed by atoms with van der Waals surface area (Å²) in [5, 5.41) is 3.30. The molecule has 8 nitrogen and oxygen atoms in total. The second-order valence-corrected chi connectivity index (χ2v) is 10.1. The van der Waals surface area contributed by atoms with Crippen molar-refractivity contribution in [1.29, 1.82) is 0 Å². The van der Waals surface area contributed by atoms with E-state index in [1.165, 1.54) is 42.3 Å². The standard InChI is InChI=1S/C30H26ClFN4O4.C2H6/c1-17-4-3-5-27(26-12-18(10-11-33-26)22-14-20(32)7-9-24(22)35-29(17)38)36-16-34-25(15-28(36)37)23-13-19(31)6-8-21(23)30(39)40-2;1-2/h6-17,27H,3-5H2,1-2H3,(H,35,38);1-2H3. The maximum Gasteiger partial charge on any atom is 0.338 e. The van der Waals surface area contributed by atoms with Crippen LogP contribution in [0.1, 0.15) is 62.1 Å². The van der Waals surface area contributed by atoms with E-state index in [1.54, 1.807) is 36.5 Å². The first-order valence-corrected chi connectivity index (χ1v) is 14.2. The lowest BCUT2D eigenvalue weighted by Gasteiger charge is -2.23. The number of pyridine rings is 1. The zero-order valence-electron chi connectivity index (χ0n) is 23.9. The minimum absolute atomic E-state index is 0.162. The maximum atomic E-state index is 14.3. The quantitative estimate of drug-likeness (QED) is 0.260. The van der Waals surface area contributed by atoms with Crippen molar-refractivity contribution < 1.29 is 18.7 Å². The van der Waals surface area contributed by atoms with E-state index in [2.05, 4.69) is 15.3 Å². The van der Waals surface area contributed by atoms with Crippen molar-refractivity contribution in [2.24, 2.45) is 5.92 Å². The number of hydrogen-bond donors (Lipinski definition) is 1. The van der Waals surface area contributed by atoms with E-state index < -0.39 is 17.8 Å². The highest BCUT2D eigenvalue weighted by Gasteiger charge is 2.23. The van der Waals surface area contributed by atoms with Crippen molar-refractivity contribution in [1.82, 2.24) is 14.5 Å². The Bertz CT molecular complexity index is 1670. The Morgan fingerprint density at radius 1 is 1.02 bits per heavy atom. The monoisotopic (exact) mass is 590 g/mol. The largest absolute Gasteiger partial charge is 0.465 e. The third-order valence-electron chi connectivity index (χ3n) is 7.07. The van der Waals surface area contributed by atoms with Gasteiger partial charge in [-0.25, -0.2) is 14.2 Å². The molecule has 0 saturated heterocycles. The second-order valence-electron chi connectivity index (χ2n) is 9.70. The summed E-state index contributed by atoms with van der Waals surface area (Å²) in [5.41, 5.74) is 2.78.